The lowest BCUT2D eigenvalue weighted by atomic mass is 10.1. The van der Waals surface area contributed by atoms with Crippen LogP contribution in [0.5, 0.6) is 0 Å². The Hall–Kier alpha value is -1.58. The van der Waals surface area contributed by atoms with Crippen LogP contribution in [0.25, 0.3) is 10.7 Å². The average molecular weight is 434 g/mol. The predicted octanol–water partition coefficient (Wildman–Crippen LogP) is 3.71. The molecule has 0 unspecified atom stereocenters. The second-order valence-corrected chi connectivity index (χ2v) is 9.28. The third kappa shape index (κ3) is 3.79. The number of thiazole rings is 1. The highest BCUT2D eigenvalue weighted by atomic mass is 35.5. The SMILES string of the molecule is Clc1nc(N2CCOCC2)sc1CN1CCc2nc(-c3cccs3)ncc2C1. The highest BCUT2D eigenvalue weighted by Crippen LogP contribution is 2.32. The highest BCUT2D eigenvalue weighted by Gasteiger charge is 2.23. The zero-order valence-electron chi connectivity index (χ0n) is 15.3. The Morgan fingerprint density at radius 3 is 2.89 bits per heavy atom. The number of ether oxygens (including phenoxy) is 1. The molecule has 0 atom stereocenters. The minimum atomic E-state index is 0.626. The van der Waals surface area contributed by atoms with E-state index in [9.17, 15) is 0 Å². The molecule has 146 valence electrons. The summed E-state index contributed by atoms with van der Waals surface area (Å²) in [5.41, 5.74) is 2.37. The van der Waals surface area contributed by atoms with E-state index in [0.717, 1.165) is 73.1 Å². The lowest BCUT2D eigenvalue weighted by Gasteiger charge is -2.27. The van der Waals surface area contributed by atoms with Crippen LogP contribution >= 0.6 is 34.3 Å². The molecule has 3 aromatic rings. The fourth-order valence-corrected chi connectivity index (χ4v) is 5.56. The summed E-state index contributed by atoms with van der Waals surface area (Å²) in [5.74, 6) is 0.836. The normalized spacial score (nSPS) is 17.7. The minimum absolute atomic E-state index is 0.626. The maximum Gasteiger partial charge on any atom is 0.187 e. The Balaban J connectivity index is 1.28. The van der Waals surface area contributed by atoms with Crippen LogP contribution in [0, 0.1) is 0 Å². The van der Waals surface area contributed by atoms with Crippen molar-refractivity contribution in [1.29, 1.82) is 0 Å². The van der Waals surface area contributed by atoms with Crippen LogP contribution in [-0.2, 0) is 24.2 Å². The number of thiophene rings is 1. The third-order valence-corrected chi connectivity index (χ3v) is 7.43. The number of rotatable bonds is 4. The van der Waals surface area contributed by atoms with E-state index in [4.69, 9.17) is 21.3 Å². The van der Waals surface area contributed by atoms with Crippen molar-refractivity contribution in [2.24, 2.45) is 0 Å². The largest absolute Gasteiger partial charge is 0.378 e. The fraction of sp³-hybridized carbons (Fsp3) is 0.421. The Bertz CT molecular complexity index is 955. The van der Waals surface area contributed by atoms with Crippen LogP contribution in [0.15, 0.2) is 23.7 Å². The molecule has 6 nitrogen and oxygen atoms in total. The van der Waals surface area contributed by atoms with E-state index < -0.39 is 0 Å². The number of hydrogen-bond donors (Lipinski definition) is 0. The van der Waals surface area contributed by atoms with E-state index >= 15 is 0 Å². The Labute approximate surface area is 176 Å². The molecule has 0 spiro atoms. The molecule has 0 amide bonds. The number of morpholine rings is 1. The van der Waals surface area contributed by atoms with E-state index in [1.54, 1.807) is 22.7 Å². The monoisotopic (exact) mass is 433 g/mol. The van der Waals surface area contributed by atoms with E-state index in [-0.39, 0.29) is 0 Å². The molecule has 0 N–H and O–H groups in total. The van der Waals surface area contributed by atoms with Gasteiger partial charge in [0.05, 0.1) is 28.7 Å². The number of fused-ring (bicyclic) bond motifs is 1. The molecule has 9 heteroatoms. The van der Waals surface area contributed by atoms with Gasteiger partial charge in [-0.2, -0.15) is 0 Å². The standard InChI is InChI=1S/C19H20ClN5OS2/c20-17-16(28-19(23-17)25-5-7-26-8-6-25)12-24-4-3-14-13(11-24)10-21-18(22-14)15-2-1-9-27-15/h1-2,9-10H,3-8,11-12H2. The highest BCUT2D eigenvalue weighted by molar-refractivity contribution is 7.16. The molecule has 0 aromatic carbocycles. The van der Waals surface area contributed by atoms with Crippen LogP contribution in [0.4, 0.5) is 5.13 Å². The number of aromatic nitrogens is 3. The molecule has 5 heterocycles. The topological polar surface area (TPSA) is 54.4 Å². The second-order valence-electron chi connectivity index (χ2n) is 6.91. The van der Waals surface area contributed by atoms with Gasteiger partial charge in [-0.25, -0.2) is 15.0 Å². The van der Waals surface area contributed by atoms with Gasteiger partial charge in [-0.1, -0.05) is 29.0 Å². The Morgan fingerprint density at radius 2 is 2.07 bits per heavy atom. The summed E-state index contributed by atoms with van der Waals surface area (Å²) in [6.07, 6.45) is 2.92. The van der Waals surface area contributed by atoms with Gasteiger partial charge >= 0.3 is 0 Å². The molecule has 0 bridgehead atoms. The van der Waals surface area contributed by atoms with Gasteiger partial charge in [0.25, 0.3) is 0 Å². The van der Waals surface area contributed by atoms with Crippen LogP contribution in [0.2, 0.25) is 5.15 Å². The van der Waals surface area contributed by atoms with Gasteiger partial charge in [0.15, 0.2) is 11.0 Å². The molecule has 2 aliphatic heterocycles. The molecule has 2 aliphatic rings. The summed E-state index contributed by atoms with van der Waals surface area (Å²) in [6.45, 7) is 5.89. The Kier molecular flexibility index (Phi) is 5.30. The van der Waals surface area contributed by atoms with Crippen molar-refractivity contribution in [2.45, 2.75) is 19.5 Å². The number of nitrogens with zero attached hydrogens (tertiary/aromatic N) is 5. The van der Waals surface area contributed by atoms with Crippen molar-refractivity contribution in [3.8, 4) is 10.7 Å². The maximum absolute atomic E-state index is 6.45. The van der Waals surface area contributed by atoms with E-state index in [1.165, 1.54) is 11.3 Å². The summed E-state index contributed by atoms with van der Waals surface area (Å²) in [6, 6.07) is 4.11. The lowest BCUT2D eigenvalue weighted by Crippen LogP contribution is -2.36. The first-order valence-corrected chi connectivity index (χ1v) is 11.4. The van der Waals surface area contributed by atoms with Gasteiger partial charge in [0.1, 0.15) is 5.15 Å². The average Bonchev–Trinajstić information content (AvgIpc) is 3.39. The van der Waals surface area contributed by atoms with E-state index in [1.807, 2.05) is 12.3 Å². The smallest absolute Gasteiger partial charge is 0.187 e. The summed E-state index contributed by atoms with van der Waals surface area (Å²) in [5, 5.41) is 3.69. The van der Waals surface area contributed by atoms with Gasteiger partial charge in [-0.3, -0.25) is 4.90 Å². The van der Waals surface area contributed by atoms with Gasteiger partial charge in [-0.15, -0.1) is 11.3 Å². The van der Waals surface area contributed by atoms with Crippen molar-refractivity contribution < 1.29 is 4.74 Å². The van der Waals surface area contributed by atoms with Gasteiger partial charge < -0.3 is 9.64 Å². The third-order valence-electron chi connectivity index (χ3n) is 5.04. The molecule has 3 aromatic heterocycles. The second kappa shape index (κ2) is 8.04. The van der Waals surface area contributed by atoms with E-state index in [0.29, 0.717) is 5.15 Å². The first-order valence-electron chi connectivity index (χ1n) is 9.35. The minimum Gasteiger partial charge on any atom is -0.378 e. The molecule has 28 heavy (non-hydrogen) atoms. The molecular weight excluding hydrogens is 414 g/mol. The van der Waals surface area contributed by atoms with Crippen molar-refractivity contribution in [1.82, 2.24) is 19.9 Å². The van der Waals surface area contributed by atoms with Gasteiger partial charge in [-0.05, 0) is 11.4 Å². The van der Waals surface area contributed by atoms with Crippen molar-refractivity contribution >= 4 is 39.4 Å². The van der Waals surface area contributed by atoms with Crippen LogP contribution in [0.1, 0.15) is 16.1 Å². The maximum atomic E-state index is 6.45. The molecular formula is C19H20ClN5OS2. The first-order chi connectivity index (χ1) is 13.8. The molecule has 1 saturated heterocycles. The number of anilines is 1. The Morgan fingerprint density at radius 1 is 1.18 bits per heavy atom. The van der Waals surface area contributed by atoms with Crippen LogP contribution in [-0.4, -0.2) is 52.7 Å². The molecule has 0 saturated carbocycles. The predicted molar refractivity (Wildman–Crippen MR) is 113 cm³/mol. The lowest BCUT2D eigenvalue weighted by molar-refractivity contribution is 0.122. The zero-order chi connectivity index (χ0) is 18.9. The summed E-state index contributed by atoms with van der Waals surface area (Å²) >= 11 is 9.83. The summed E-state index contributed by atoms with van der Waals surface area (Å²) < 4.78 is 5.43. The van der Waals surface area contributed by atoms with Gasteiger partial charge in [0.2, 0.25) is 0 Å². The molecule has 0 radical (unpaired) electrons. The quantitative estimate of drug-likeness (QED) is 0.625. The van der Waals surface area contributed by atoms with Crippen LogP contribution in [0.3, 0.4) is 0 Å². The fourth-order valence-electron chi connectivity index (χ4n) is 3.55. The van der Waals surface area contributed by atoms with E-state index in [2.05, 4.69) is 31.2 Å². The first kappa shape index (κ1) is 18.4. The molecule has 0 aliphatic carbocycles. The van der Waals surface area contributed by atoms with Crippen LogP contribution < -0.4 is 4.90 Å². The molecule has 5 rings (SSSR count). The summed E-state index contributed by atoms with van der Waals surface area (Å²) in [4.78, 5) is 20.9. The number of halogens is 1. The van der Waals surface area contributed by atoms with Crippen molar-refractivity contribution in [2.75, 3.05) is 37.7 Å². The van der Waals surface area contributed by atoms with Crippen molar-refractivity contribution in [3.05, 3.63) is 45.0 Å². The number of hydrogen-bond acceptors (Lipinski definition) is 8. The van der Waals surface area contributed by atoms with Crippen molar-refractivity contribution in [3.63, 3.8) is 0 Å². The molecule has 1 fully saturated rings. The van der Waals surface area contributed by atoms with Gasteiger partial charge in [0, 0.05) is 50.9 Å². The zero-order valence-corrected chi connectivity index (χ0v) is 17.7. The summed E-state index contributed by atoms with van der Waals surface area (Å²) in [7, 11) is 0.